The third-order valence-electron chi connectivity index (χ3n) is 5.63. The molecule has 1 aromatic rings. The number of nitrogens with zero attached hydrogens (tertiary/aromatic N) is 1. The molecule has 16 heteroatoms. The molecule has 0 aliphatic carbocycles. The number of carbonyl (C=O) groups excluding carboxylic acids is 3. The SMILES string of the molecule is CC(O)C(NC(=O)C(N)Cc1ccc(O)cc1)C(=O)NC(CCC(=O)O)C(=O)NC(CCCN=C(N)N)C(=O)O. The van der Waals surface area contributed by atoms with E-state index in [0.717, 1.165) is 0 Å². The summed E-state index contributed by atoms with van der Waals surface area (Å²) in [7, 11) is 0. The molecule has 40 heavy (non-hydrogen) atoms. The van der Waals surface area contributed by atoms with Gasteiger partial charge in [0.2, 0.25) is 17.7 Å². The number of nitrogens with one attached hydrogen (secondary N) is 3. The molecule has 0 aromatic heterocycles. The van der Waals surface area contributed by atoms with Gasteiger partial charge in [-0.25, -0.2) is 4.79 Å². The van der Waals surface area contributed by atoms with Crippen LogP contribution < -0.4 is 33.2 Å². The molecule has 0 fully saturated rings. The first kappa shape index (κ1) is 33.6. The third kappa shape index (κ3) is 12.4. The van der Waals surface area contributed by atoms with Crippen molar-refractivity contribution < 1.29 is 44.4 Å². The molecule has 1 aromatic carbocycles. The molecule has 0 saturated carbocycles. The summed E-state index contributed by atoms with van der Waals surface area (Å²) in [5, 5.41) is 44.9. The van der Waals surface area contributed by atoms with Gasteiger partial charge < -0.3 is 53.6 Å². The van der Waals surface area contributed by atoms with Crippen molar-refractivity contribution in [1.29, 1.82) is 0 Å². The lowest BCUT2D eigenvalue weighted by molar-refractivity contribution is -0.143. The quantitative estimate of drug-likeness (QED) is 0.0515. The zero-order chi connectivity index (χ0) is 30.4. The zero-order valence-electron chi connectivity index (χ0n) is 21.9. The molecule has 0 radical (unpaired) electrons. The van der Waals surface area contributed by atoms with Crippen LogP contribution in [0.2, 0.25) is 0 Å². The second-order valence-corrected chi connectivity index (χ2v) is 9.05. The monoisotopic (exact) mass is 567 g/mol. The second kappa shape index (κ2) is 16.5. The van der Waals surface area contributed by atoms with Crippen molar-refractivity contribution in [2.24, 2.45) is 22.2 Å². The Bertz CT molecular complexity index is 1060. The molecule has 5 atom stereocenters. The fourth-order valence-electron chi connectivity index (χ4n) is 3.48. The van der Waals surface area contributed by atoms with E-state index < -0.39 is 72.8 Å². The molecular formula is C24H37N7O9. The molecule has 222 valence electrons. The third-order valence-corrected chi connectivity index (χ3v) is 5.63. The summed E-state index contributed by atoms with van der Waals surface area (Å²) in [6.07, 6.45) is -2.23. The molecule has 0 saturated heterocycles. The fourth-order valence-corrected chi connectivity index (χ4v) is 3.48. The van der Waals surface area contributed by atoms with Crippen LogP contribution in [0.5, 0.6) is 5.75 Å². The van der Waals surface area contributed by atoms with Crippen LogP contribution >= 0.6 is 0 Å². The minimum atomic E-state index is -1.58. The normalized spacial score (nSPS) is 14.5. The van der Waals surface area contributed by atoms with Crippen molar-refractivity contribution in [2.75, 3.05) is 6.54 Å². The summed E-state index contributed by atoms with van der Waals surface area (Å²) in [5.41, 5.74) is 17.0. The summed E-state index contributed by atoms with van der Waals surface area (Å²) in [5.74, 6) is -5.62. The first-order valence-corrected chi connectivity index (χ1v) is 12.3. The Kier molecular flexibility index (Phi) is 13.9. The summed E-state index contributed by atoms with van der Waals surface area (Å²) < 4.78 is 0. The zero-order valence-corrected chi connectivity index (χ0v) is 21.9. The van der Waals surface area contributed by atoms with Crippen molar-refractivity contribution in [3.8, 4) is 5.75 Å². The predicted molar refractivity (Wildman–Crippen MR) is 142 cm³/mol. The number of aliphatic imine (C=N–C) groups is 1. The van der Waals surface area contributed by atoms with Gasteiger partial charge in [0.1, 0.15) is 23.9 Å². The van der Waals surface area contributed by atoms with Crippen LogP contribution in [-0.2, 0) is 30.4 Å². The van der Waals surface area contributed by atoms with Crippen molar-refractivity contribution >= 4 is 35.6 Å². The molecule has 1 rings (SSSR count). The number of phenolic OH excluding ortho intramolecular Hbond substituents is 1. The Labute approximate surface area is 230 Å². The number of rotatable bonds is 17. The van der Waals surface area contributed by atoms with Crippen LogP contribution in [0.15, 0.2) is 29.3 Å². The van der Waals surface area contributed by atoms with Gasteiger partial charge in [-0.3, -0.25) is 24.2 Å². The summed E-state index contributed by atoms with van der Waals surface area (Å²) in [6.45, 7) is 1.31. The molecular weight excluding hydrogens is 530 g/mol. The average molecular weight is 568 g/mol. The van der Waals surface area contributed by atoms with E-state index in [1.165, 1.54) is 19.1 Å². The molecule has 0 aliphatic heterocycles. The number of phenols is 1. The van der Waals surface area contributed by atoms with Crippen LogP contribution in [-0.4, -0.2) is 92.9 Å². The van der Waals surface area contributed by atoms with E-state index >= 15 is 0 Å². The number of carboxylic acid groups (broad SMARTS) is 2. The maximum atomic E-state index is 13.0. The highest BCUT2D eigenvalue weighted by molar-refractivity contribution is 5.94. The number of nitrogens with two attached hydrogens (primary N) is 3. The summed E-state index contributed by atoms with van der Waals surface area (Å²) in [4.78, 5) is 64.9. The molecule has 3 amide bonds. The lowest BCUT2D eigenvalue weighted by Crippen LogP contribution is -2.60. The van der Waals surface area contributed by atoms with E-state index in [-0.39, 0.29) is 37.5 Å². The smallest absolute Gasteiger partial charge is 0.326 e. The van der Waals surface area contributed by atoms with Crippen LogP contribution in [0, 0.1) is 0 Å². The first-order chi connectivity index (χ1) is 18.7. The van der Waals surface area contributed by atoms with Crippen LogP contribution in [0.3, 0.4) is 0 Å². The number of hydrogen-bond donors (Lipinski definition) is 10. The van der Waals surface area contributed by atoms with Gasteiger partial charge in [-0.1, -0.05) is 12.1 Å². The number of aliphatic hydroxyl groups excluding tert-OH is 1. The number of carbonyl (C=O) groups is 5. The molecule has 0 bridgehead atoms. The highest BCUT2D eigenvalue weighted by atomic mass is 16.4. The Balaban J connectivity index is 2.94. The van der Waals surface area contributed by atoms with Crippen molar-refractivity contribution in [3.63, 3.8) is 0 Å². The molecule has 5 unspecified atom stereocenters. The average Bonchev–Trinajstić information content (AvgIpc) is 2.86. The van der Waals surface area contributed by atoms with Crippen LogP contribution in [0.1, 0.15) is 38.2 Å². The van der Waals surface area contributed by atoms with Gasteiger partial charge in [-0.2, -0.15) is 0 Å². The second-order valence-electron chi connectivity index (χ2n) is 9.05. The van der Waals surface area contributed by atoms with Gasteiger partial charge in [-0.15, -0.1) is 0 Å². The highest BCUT2D eigenvalue weighted by Crippen LogP contribution is 2.11. The van der Waals surface area contributed by atoms with E-state index in [1.54, 1.807) is 12.1 Å². The van der Waals surface area contributed by atoms with E-state index in [2.05, 4.69) is 20.9 Å². The van der Waals surface area contributed by atoms with E-state index in [0.29, 0.717) is 5.56 Å². The summed E-state index contributed by atoms with van der Waals surface area (Å²) in [6, 6.07) is 0.313. The topological polar surface area (TPSA) is 293 Å². The number of guanidine groups is 1. The number of aliphatic carboxylic acids is 2. The summed E-state index contributed by atoms with van der Waals surface area (Å²) >= 11 is 0. The van der Waals surface area contributed by atoms with Crippen LogP contribution in [0.25, 0.3) is 0 Å². The molecule has 0 aliphatic rings. The van der Waals surface area contributed by atoms with E-state index in [4.69, 9.17) is 22.3 Å². The number of carboxylic acids is 2. The number of aromatic hydroxyl groups is 1. The Morgan fingerprint density at radius 2 is 1.50 bits per heavy atom. The van der Waals surface area contributed by atoms with E-state index in [9.17, 15) is 39.3 Å². The maximum absolute atomic E-state index is 13.0. The lowest BCUT2D eigenvalue weighted by Gasteiger charge is -2.26. The molecule has 13 N–H and O–H groups in total. The maximum Gasteiger partial charge on any atom is 0.326 e. The van der Waals surface area contributed by atoms with Gasteiger partial charge in [0.25, 0.3) is 0 Å². The standard InChI is InChI=1S/C24H37N7O9/c1-12(32)19(31-20(36)15(25)11-13-4-6-14(33)7-5-13)22(38)29-16(8-9-18(34)35)21(37)30-17(23(39)40)3-2-10-28-24(26)27/h4-7,12,15-17,19,32-33H,2-3,8-11,25H2,1H3,(H,29,38)(H,30,37)(H,31,36)(H,34,35)(H,39,40)(H4,26,27,28). The largest absolute Gasteiger partial charge is 0.508 e. The van der Waals surface area contributed by atoms with Crippen LogP contribution in [0.4, 0.5) is 0 Å². The number of benzene rings is 1. The minimum absolute atomic E-state index is 0.0229. The predicted octanol–water partition coefficient (Wildman–Crippen LogP) is -2.90. The Hall–Kier alpha value is -4.44. The number of amides is 3. The molecule has 0 spiro atoms. The minimum Gasteiger partial charge on any atom is -0.508 e. The van der Waals surface area contributed by atoms with Gasteiger partial charge >= 0.3 is 11.9 Å². The van der Waals surface area contributed by atoms with Crippen molar-refractivity contribution in [3.05, 3.63) is 29.8 Å². The number of aliphatic hydroxyl groups is 1. The van der Waals surface area contributed by atoms with Gasteiger partial charge in [0, 0.05) is 13.0 Å². The molecule has 16 nitrogen and oxygen atoms in total. The van der Waals surface area contributed by atoms with Gasteiger partial charge in [0.15, 0.2) is 5.96 Å². The van der Waals surface area contributed by atoms with Crippen molar-refractivity contribution in [1.82, 2.24) is 16.0 Å². The first-order valence-electron chi connectivity index (χ1n) is 12.3. The molecule has 0 heterocycles. The van der Waals surface area contributed by atoms with E-state index in [1.807, 2.05) is 0 Å². The van der Waals surface area contributed by atoms with Gasteiger partial charge in [-0.05, 0) is 50.3 Å². The fraction of sp³-hybridized carbons (Fsp3) is 0.500. The van der Waals surface area contributed by atoms with Gasteiger partial charge in [0.05, 0.1) is 12.1 Å². The Morgan fingerprint density at radius 1 is 0.900 bits per heavy atom. The number of hydrogen-bond acceptors (Lipinski definition) is 9. The Morgan fingerprint density at radius 3 is 2.02 bits per heavy atom. The highest BCUT2D eigenvalue weighted by Gasteiger charge is 2.32. The lowest BCUT2D eigenvalue weighted by atomic mass is 10.0. The van der Waals surface area contributed by atoms with Crippen molar-refractivity contribution in [2.45, 2.75) is 69.3 Å².